The Kier molecular flexibility index (Phi) is 3.93. The number of hydrogen-bond acceptors (Lipinski definition) is 3. The summed E-state index contributed by atoms with van der Waals surface area (Å²) in [6.07, 6.45) is 4.30. The van der Waals surface area contributed by atoms with Gasteiger partial charge in [0.05, 0.1) is 0 Å². The highest BCUT2D eigenvalue weighted by Crippen LogP contribution is 2.34. The predicted octanol–water partition coefficient (Wildman–Crippen LogP) is 4.52. The van der Waals surface area contributed by atoms with Crippen LogP contribution in [0.25, 0.3) is 5.57 Å². The van der Waals surface area contributed by atoms with E-state index in [1.165, 1.54) is 27.8 Å². The van der Waals surface area contributed by atoms with Crippen molar-refractivity contribution in [3.63, 3.8) is 0 Å². The van der Waals surface area contributed by atoms with Gasteiger partial charge in [0.2, 0.25) is 0 Å². The Morgan fingerprint density at radius 3 is 2.71 bits per heavy atom. The zero-order valence-corrected chi connectivity index (χ0v) is 13.5. The average molecular weight is 296 g/mol. The Labute approximate surface area is 131 Å². The lowest BCUT2D eigenvalue weighted by Crippen LogP contribution is -2.17. The van der Waals surface area contributed by atoms with Crippen molar-refractivity contribution in [2.24, 2.45) is 0 Å². The van der Waals surface area contributed by atoms with E-state index < -0.39 is 0 Å². The average Bonchev–Trinajstić information content (AvgIpc) is 2.48. The third-order valence-corrected chi connectivity index (χ3v) is 4.26. The van der Waals surface area contributed by atoms with E-state index >= 15 is 0 Å². The minimum atomic E-state index is 0.974. The molecule has 0 saturated heterocycles. The van der Waals surface area contributed by atoms with Gasteiger partial charge < -0.3 is 9.62 Å². The van der Waals surface area contributed by atoms with Crippen molar-refractivity contribution < 1.29 is 0 Å². The molecule has 0 aromatic heterocycles. The third kappa shape index (κ3) is 2.79. The van der Waals surface area contributed by atoms with Crippen LogP contribution in [0.2, 0.25) is 0 Å². The van der Waals surface area contributed by atoms with Crippen LogP contribution in [0, 0.1) is 6.92 Å². The fourth-order valence-corrected chi connectivity index (χ4v) is 3.20. The zero-order valence-electron chi connectivity index (χ0n) is 12.7. The quantitative estimate of drug-likeness (QED) is 0.838. The smallest absolute Gasteiger partial charge is 0.0446 e. The number of nitrogens with one attached hydrogen (secondary N) is 1. The molecule has 0 radical (unpaired) electrons. The van der Waals surface area contributed by atoms with Crippen molar-refractivity contribution in [3.05, 3.63) is 70.9 Å². The van der Waals surface area contributed by atoms with Gasteiger partial charge in [-0.15, -0.1) is 0 Å². The van der Waals surface area contributed by atoms with E-state index in [2.05, 4.69) is 72.3 Å². The van der Waals surface area contributed by atoms with Gasteiger partial charge in [-0.05, 0) is 41.3 Å². The standard InChI is InChI=1S/C18H20N2S/c1-13-8-9-15(19-21-3)10-17(13)18-12-20(2)11-14-6-4-5-7-16(14)18/h4-10,12,19H,11H2,1-3H3. The number of anilines is 1. The molecule has 1 N–H and O–H groups in total. The molecule has 2 aromatic carbocycles. The van der Waals surface area contributed by atoms with Gasteiger partial charge in [-0.1, -0.05) is 42.3 Å². The van der Waals surface area contributed by atoms with Gasteiger partial charge in [0.1, 0.15) is 0 Å². The minimum absolute atomic E-state index is 0.974. The Bertz CT molecular complexity index is 691. The van der Waals surface area contributed by atoms with Crippen LogP contribution in [0.3, 0.4) is 0 Å². The maximum atomic E-state index is 3.33. The second kappa shape index (κ2) is 5.86. The van der Waals surface area contributed by atoms with Crippen molar-refractivity contribution in [2.45, 2.75) is 13.5 Å². The monoisotopic (exact) mass is 296 g/mol. The summed E-state index contributed by atoms with van der Waals surface area (Å²) >= 11 is 1.62. The highest BCUT2D eigenvalue weighted by Gasteiger charge is 2.17. The summed E-state index contributed by atoms with van der Waals surface area (Å²) in [4.78, 5) is 2.26. The topological polar surface area (TPSA) is 15.3 Å². The lowest BCUT2D eigenvalue weighted by Gasteiger charge is -2.26. The van der Waals surface area contributed by atoms with Crippen molar-refractivity contribution in [2.75, 3.05) is 18.0 Å². The van der Waals surface area contributed by atoms with E-state index in [1.54, 1.807) is 11.9 Å². The molecule has 0 atom stereocenters. The molecule has 0 bridgehead atoms. The predicted molar refractivity (Wildman–Crippen MR) is 93.3 cm³/mol. The van der Waals surface area contributed by atoms with Crippen LogP contribution in [0.1, 0.15) is 22.3 Å². The molecule has 1 heterocycles. The molecule has 2 aromatic rings. The molecule has 1 aliphatic rings. The molecule has 0 amide bonds. The fourth-order valence-electron chi connectivity index (χ4n) is 2.83. The summed E-state index contributed by atoms with van der Waals surface area (Å²) in [5, 5.41) is 0. The summed E-state index contributed by atoms with van der Waals surface area (Å²) in [7, 11) is 2.13. The van der Waals surface area contributed by atoms with Gasteiger partial charge >= 0.3 is 0 Å². The van der Waals surface area contributed by atoms with Gasteiger partial charge in [-0.3, -0.25) is 0 Å². The Morgan fingerprint density at radius 1 is 1.10 bits per heavy atom. The molecule has 0 saturated carbocycles. The van der Waals surface area contributed by atoms with Gasteiger partial charge in [0.25, 0.3) is 0 Å². The van der Waals surface area contributed by atoms with E-state index in [0.29, 0.717) is 0 Å². The molecular formula is C18H20N2S. The molecule has 0 aliphatic carbocycles. The molecule has 108 valence electrons. The Hall–Kier alpha value is -1.87. The van der Waals surface area contributed by atoms with Crippen molar-refractivity contribution in [3.8, 4) is 0 Å². The third-order valence-electron chi connectivity index (χ3n) is 3.82. The van der Waals surface area contributed by atoms with Crippen LogP contribution in [0.4, 0.5) is 5.69 Å². The van der Waals surface area contributed by atoms with Crippen molar-refractivity contribution in [1.29, 1.82) is 0 Å². The lowest BCUT2D eigenvalue weighted by molar-refractivity contribution is 0.446. The molecule has 0 unspecified atom stereocenters. The Balaban J connectivity index is 2.12. The summed E-state index contributed by atoms with van der Waals surface area (Å²) in [5.74, 6) is 0. The molecule has 0 fully saturated rings. The number of nitrogens with zero attached hydrogens (tertiary/aromatic N) is 1. The second-order valence-corrected chi connectivity index (χ2v) is 6.06. The number of aryl methyl sites for hydroxylation is 1. The number of fused-ring (bicyclic) bond motifs is 1. The first kappa shape index (κ1) is 14.1. The minimum Gasteiger partial charge on any atom is -0.376 e. The van der Waals surface area contributed by atoms with Crippen LogP contribution in [-0.2, 0) is 6.54 Å². The molecule has 1 aliphatic heterocycles. The van der Waals surface area contributed by atoms with Crippen LogP contribution in [0.15, 0.2) is 48.7 Å². The highest BCUT2D eigenvalue weighted by atomic mass is 32.2. The summed E-state index contributed by atoms with van der Waals surface area (Å²) in [6.45, 7) is 3.15. The normalized spacial score (nSPS) is 13.7. The van der Waals surface area contributed by atoms with E-state index in [1.807, 2.05) is 6.26 Å². The van der Waals surface area contributed by atoms with E-state index in [0.717, 1.165) is 12.2 Å². The molecule has 3 heteroatoms. The van der Waals surface area contributed by atoms with E-state index in [4.69, 9.17) is 0 Å². The maximum absolute atomic E-state index is 3.33. The first-order valence-corrected chi connectivity index (χ1v) is 8.32. The number of rotatable bonds is 3. The zero-order chi connectivity index (χ0) is 14.8. The maximum Gasteiger partial charge on any atom is 0.0446 e. The number of benzene rings is 2. The summed E-state index contributed by atoms with van der Waals surface area (Å²) in [5.41, 5.74) is 7.79. The van der Waals surface area contributed by atoms with E-state index in [9.17, 15) is 0 Å². The molecule has 2 nitrogen and oxygen atoms in total. The van der Waals surface area contributed by atoms with Crippen molar-refractivity contribution in [1.82, 2.24) is 4.90 Å². The Morgan fingerprint density at radius 2 is 1.90 bits per heavy atom. The largest absolute Gasteiger partial charge is 0.376 e. The first-order chi connectivity index (χ1) is 10.2. The second-order valence-electron chi connectivity index (χ2n) is 5.45. The van der Waals surface area contributed by atoms with Gasteiger partial charge in [0, 0.05) is 37.3 Å². The van der Waals surface area contributed by atoms with Gasteiger partial charge in [0.15, 0.2) is 0 Å². The summed E-state index contributed by atoms with van der Waals surface area (Å²) < 4.78 is 3.33. The van der Waals surface area contributed by atoms with Crippen LogP contribution < -0.4 is 4.72 Å². The molecule has 3 rings (SSSR count). The summed E-state index contributed by atoms with van der Waals surface area (Å²) in [6, 6.07) is 15.2. The van der Waals surface area contributed by atoms with Crippen molar-refractivity contribution >= 4 is 23.2 Å². The van der Waals surface area contributed by atoms with Crippen LogP contribution in [-0.4, -0.2) is 18.2 Å². The highest BCUT2D eigenvalue weighted by molar-refractivity contribution is 7.99. The van der Waals surface area contributed by atoms with Gasteiger partial charge in [-0.25, -0.2) is 0 Å². The first-order valence-electron chi connectivity index (χ1n) is 7.09. The van der Waals surface area contributed by atoms with Crippen LogP contribution >= 0.6 is 11.9 Å². The molecular weight excluding hydrogens is 276 g/mol. The van der Waals surface area contributed by atoms with E-state index in [-0.39, 0.29) is 0 Å². The fraction of sp³-hybridized carbons (Fsp3) is 0.222. The SMILES string of the molecule is CSNc1ccc(C)c(C2=CN(C)Cc3ccccc32)c1. The lowest BCUT2D eigenvalue weighted by atomic mass is 9.89. The molecule has 0 spiro atoms. The van der Waals surface area contributed by atoms with Gasteiger partial charge in [-0.2, -0.15) is 0 Å². The van der Waals surface area contributed by atoms with Crippen LogP contribution in [0.5, 0.6) is 0 Å². The number of hydrogen-bond donors (Lipinski definition) is 1. The molecule has 21 heavy (non-hydrogen) atoms.